The van der Waals surface area contributed by atoms with Crippen LogP contribution in [0, 0.1) is 0 Å². The molecule has 0 bridgehead atoms. The van der Waals surface area contributed by atoms with E-state index in [2.05, 4.69) is 37.9 Å². The maximum atomic E-state index is 4.24. The average Bonchev–Trinajstić information content (AvgIpc) is 2.05. The maximum Gasteiger partial charge on any atom is 0.0403 e. The van der Waals surface area contributed by atoms with Crippen molar-refractivity contribution in [1.82, 2.24) is 4.98 Å². The van der Waals surface area contributed by atoms with Crippen molar-refractivity contribution in [1.29, 1.82) is 0 Å². The normalized spacial score (nSPS) is 10.5. The molecule has 1 heteroatoms. The van der Waals surface area contributed by atoms with Crippen LogP contribution in [0.25, 0.3) is 0 Å². The Balaban J connectivity index is 2.91. The van der Waals surface area contributed by atoms with Crippen LogP contribution in [0.15, 0.2) is 18.3 Å². The standard InChI is InChI=1S/C10H15N/c1-4-10-7-9(8(2)3)5-6-11-10/h5-8H,4H2,1-3H3. The molecule has 0 aliphatic rings. The maximum absolute atomic E-state index is 4.24. The molecule has 0 N–H and O–H groups in total. The summed E-state index contributed by atoms with van der Waals surface area (Å²) in [6.07, 6.45) is 2.93. The SMILES string of the molecule is CCc1cc(C(C)C)ccn1. The first-order chi connectivity index (χ1) is 5.24. The Morgan fingerprint density at radius 1 is 1.45 bits per heavy atom. The number of nitrogens with zero attached hydrogens (tertiary/aromatic N) is 1. The first-order valence-electron chi connectivity index (χ1n) is 4.19. The Labute approximate surface area is 68.5 Å². The first kappa shape index (κ1) is 8.25. The lowest BCUT2D eigenvalue weighted by atomic mass is 10.0. The minimum atomic E-state index is 0.614. The predicted octanol–water partition coefficient (Wildman–Crippen LogP) is 2.77. The lowest BCUT2D eigenvalue weighted by molar-refractivity contribution is 0.853. The second-order valence-corrected chi connectivity index (χ2v) is 3.09. The highest BCUT2D eigenvalue weighted by molar-refractivity contribution is 5.19. The number of aryl methyl sites for hydroxylation is 1. The highest BCUT2D eigenvalue weighted by Crippen LogP contribution is 2.13. The molecule has 11 heavy (non-hydrogen) atoms. The summed E-state index contributed by atoms with van der Waals surface area (Å²) in [5, 5.41) is 0. The van der Waals surface area contributed by atoms with Gasteiger partial charge in [0.2, 0.25) is 0 Å². The van der Waals surface area contributed by atoms with Gasteiger partial charge in [0.1, 0.15) is 0 Å². The number of rotatable bonds is 2. The molecule has 0 aliphatic carbocycles. The Morgan fingerprint density at radius 3 is 2.73 bits per heavy atom. The summed E-state index contributed by atoms with van der Waals surface area (Å²) in [5.41, 5.74) is 2.58. The zero-order valence-corrected chi connectivity index (χ0v) is 7.46. The van der Waals surface area contributed by atoms with Crippen molar-refractivity contribution in [2.24, 2.45) is 0 Å². The van der Waals surface area contributed by atoms with E-state index in [1.54, 1.807) is 0 Å². The lowest BCUT2D eigenvalue weighted by Crippen LogP contribution is -1.91. The van der Waals surface area contributed by atoms with E-state index in [-0.39, 0.29) is 0 Å². The van der Waals surface area contributed by atoms with Gasteiger partial charge in [-0.2, -0.15) is 0 Å². The predicted molar refractivity (Wildman–Crippen MR) is 47.7 cm³/mol. The number of aromatic nitrogens is 1. The van der Waals surface area contributed by atoms with Crippen LogP contribution < -0.4 is 0 Å². The van der Waals surface area contributed by atoms with E-state index in [1.807, 2.05) is 6.20 Å². The van der Waals surface area contributed by atoms with Gasteiger partial charge in [0.15, 0.2) is 0 Å². The number of pyridine rings is 1. The van der Waals surface area contributed by atoms with E-state index < -0.39 is 0 Å². The summed E-state index contributed by atoms with van der Waals surface area (Å²) in [6, 6.07) is 4.27. The molecule has 1 aromatic rings. The third-order valence-electron chi connectivity index (χ3n) is 1.87. The zero-order valence-electron chi connectivity index (χ0n) is 7.46. The van der Waals surface area contributed by atoms with Crippen LogP contribution in [0.2, 0.25) is 0 Å². The van der Waals surface area contributed by atoms with E-state index in [9.17, 15) is 0 Å². The van der Waals surface area contributed by atoms with Crippen molar-refractivity contribution in [2.45, 2.75) is 33.1 Å². The molecule has 1 aromatic heterocycles. The van der Waals surface area contributed by atoms with Gasteiger partial charge in [-0.15, -0.1) is 0 Å². The molecule has 60 valence electrons. The summed E-state index contributed by atoms with van der Waals surface area (Å²) in [6.45, 7) is 6.54. The topological polar surface area (TPSA) is 12.9 Å². The molecule has 0 unspecified atom stereocenters. The third-order valence-corrected chi connectivity index (χ3v) is 1.87. The van der Waals surface area contributed by atoms with Crippen LogP contribution in [-0.2, 0) is 6.42 Å². The van der Waals surface area contributed by atoms with E-state index >= 15 is 0 Å². The first-order valence-corrected chi connectivity index (χ1v) is 4.19. The molecule has 0 spiro atoms. The minimum Gasteiger partial charge on any atom is -0.261 e. The molecule has 1 nitrogen and oxygen atoms in total. The minimum absolute atomic E-state index is 0.614. The van der Waals surface area contributed by atoms with Crippen LogP contribution in [-0.4, -0.2) is 4.98 Å². The highest BCUT2D eigenvalue weighted by atomic mass is 14.7. The van der Waals surface area contributed by atoms with Crippen molar-refractivity contribution in [3.63, 3.8) is 0 Å². The van der Waals surface area contributed by atoms with Crippen LogP contribution in [0.1, 0.15) is 37.9 Å². The summed E-state index contributed by atoms with van der Waals surface area (Å²) >= 11 is 0. The molecular formula is C10H15N. The Bertz CT molecular complexity index is 228. The second-order valence-electron chi connectivity index (χ2n) is 3.09. The van der Waals surface area contributed by atoms with Gasteiger partial charge < -0.3 is 0 Å². The fourth-order valence-corrected chi connectivity index (χ4v) is 1.05. The lowest BCUT2D eigenvalue weighted by Gasteiger charge is -2.05. The highest BCUT2D eigenvalue weighted by Gasteiger charge is 1.98. The van der Waals surface area contributed by atoms with E-state index in [0.29, 0.717) is 5.92 Å². The van der Waals surface area contributed by atoms with Crippen molar-refractivity contribution in [2.75, 3.05) is 0 Å². The van der Waals surface area contributed by atoms with Gasteiger partial charge in [0.25, 0.3) is 0 Å². The van der Waals surface area contributed by atoms with E-state index in [0.717, 1.165) is 6.42 Å². The van der Waals surface area contributed by atoms with Gasteiger partial charge in [0, 0.05) is 11.9 Å². The quantitative estimate of drug-likeness (QED) is 0.630. The van der Waals surface area contributed by atoms with Crippen LogP contribution in [0.5, 0.6) is 0 Å². The molecule has 0 atom stereocenters. The summed E-state index contributed by atoms with van der Waals surface area (Å²) < 4.78 is 0. The Morgan fingerprint density at radius 2 is 2.18 bits per heavy atom. The van der Waals surface area contributed by atoms with Gasteiger partial charge in [0.05, 0.1) is 0 Å². The molecular weight excluding hydrogens is 134 g/mol. The fourth-order valence-electron chi connectivity index (χ4n) is 1.05. The van der Waals surface area contributed by atoms with Crippen LogP contribution >= 0.6 is 0 Å². The molecule has 0 fully saturated rings. The monoisotopic (exact) mass is 149 g/mol. The van der Waals surface area contributed by atoms with Crippen molar-refractivity contribution in [3.05, 3.63) is 29.6 Å². The molecule has 0 amide bonds. The van der Waals surface area contributed by atoms with Crippen molar-refractivity contribution >= 4 is 0 Å². The zero-order chi connectivity index (χ0) is 8.27. The fraction of sp³-hybridized carbons (Fsp3) is 0.500. The number of hydrogen-bond donors (Lipinski definition) is 0. The molecule has 0 saturated heterocycles. The number of hydrogen-bond acceptors (Lipinski definition) is 1. The van der Waals surface area contributed by atoms with Gasteiger partial charge in [-0.25, -0.2) is 0 Å². The molecule has 0 aromatic carbocycles. The van der Waals surface area contributed by atoms with Gasteiger partial charge in [-0.3, -0.25) is 4.98 Å². The summed E-state index contributed by atoms with van der Waals surface area (Å²) in [7, 11) is 0. The molecule has 0 saturated carbocycles. The van der Waals surface area contributed by atoms with Gasteiger partial charge in [-0.05, 0) is 30.0 Å². The average molecular weight is 149 g/mol. The smallest absolute Gasteiger partial charge is 0.0403 e. The van der Waals surface area contributed by atoms with Crippen molar-refractivity contribution in [3.8, 4) is 0 Å². The molecule has 0 radical (unpaired) electrons. The summed E-state index contributed by atoms with van der Waals surface area (Å²) in [5.74, 6) is 0.614. The Kier molecular flexibility index (Phi) is 2.64. The van der Waals surface area contributed by atoms with Gasteiger partial charge >= 0.3 is 0 Å². The van der Waals surface area contributed by atoms with E-state index in [1.165, 1.54) is 11.3 Å². The summed E-state index contributed by atoms with van der Waals surface area (Å²) in [4.78, 5) is 4.24. The molecule has 1 heterocycles. The van der Waals surface area contributed by atoms with Crippen LogP contribution in [0.3, 0.4) is 0 Å². The largest absolute Gasteiger partial charge is 0.261 e. The molecule has 1 rings (SSSR count). The molecule has 0 aliphatic heterocycles. The third kappa shape index (κ3) is 2.04. The Hall–Kier alpha value is -0.850. The van der Waals surface area contributed by atoms with Crippen LogP contribution in [0.4, 0.5) is 0 Å². The van der Waals surface area contributed by atoms with E-state index in [4.69, 9.17) is 0 Å². The van der Waals surface area contributed by atoms with Crippen molar-refractivity contribution < 1.29 is 0 Å². The second kappa shape index (κ2) is 3.51. The van der Waals surface area contributed by atoms with Gasteiger partial charge in [-0.1, -0.05) is 20.8 Å².